The first-order valence-corrected chi connectivity index (χ1v) is 7.91. The van der Waals surface area contributed by atoms with Gasteiger partial charge in [-0.25, -0.2) is 0 Å². The van der Waals surface area contributed by atoms with E-state index in [0.29, 0.717) is 6.04 Å². The molecule has 0 spiro atoms. The normalized spacial score (nSPS) is 12.9. The molecule has 1 aromatic carbocycles. The van der Waals surface area contributed by atoms with Crippen LogP contribution in [-0.2, 0) is 6.42 Å². The molecule has 0 aliphatic carbocycles. The van der Waals surface area contributed by atoms with Crippen molar-refractivity contribution in [3.05, 3.63) is 33.4 Å². The number of nitrogens with zero attached hydrogens (tertiary/aromatic N) is 1. The van der Waals surface area contributed by atoms with Crippen LogP contribution in [0.2, 0.25) is 0 Å². The van der Waals surface area contributed by atoms with Gasteiger partial charge in [-0.1, -0.05) is 26.0 Å². The maximum absolute atomic E-state index is 3.44. The Labute approximate surface area is 125 Å². The van der Waals surface area contributed by atoms with Gasteiger partial charge >= 0.3 is 0 Å². The Morgan fingerprint density at radius 3 is 2.28 bits per heavy atom. The monoisotopic (exact) mass is 360 g/mol. The van der Waals surface area contributed by atoms with Gasteiger partial charge in [-0.15, -0.1) is 0 Å². The van der Waals surface area contributed by atoms with Gasteiger partial charge in [0.05, 0.1) is 0 Å². The van der Waals surface area contributed by atoms with Crippen LogP contribution in [-0.4, -0.2) is 37.6 Å². The Balaban J connectivity index is 2.44. The summed E-state index contributed by atoms with van der Waals surface area (Å²) < 4.78 is 1.31. The lowest BCUT2D eigenvalue weighted by molar-refractivity contribution is 0.283. The number of hydrogen-bond acceptors (Lipinski definition) is 2. The molecule has 2 nitrogen and oxygen atoms in total. The maximum atomic E-state index is 3.44. The molecule has 0 heterocycles. The van der Waals surface area contributed by atoms with Gasteiger partial charge in [0.25, 0.3) is 0 Å². The zero-order valence-electron chi connectivity index (χ0n) is 11.7. The van der Waals surface area contributed by atoms with Crippen LogP contribution in [0.25, 0.3) is 0 Å². The summed E-state index contributed by atoms with van der Waals surface area (Å²) in [6.45, 7) is 7.95. The van der Waals surface area contributed by atoms with Crippen molar-refractivity contribution in [2.24, 2.45) is 0 Å². The SMILES string of the molecule is CCN(CC)CCC(Cc1ccc(I)cc1)NC. The average Bonchev–Trinajstić information content (AvgIpc) is 2.40. The molecule has 0 saturated heterocycles. The van der Waals surface area contributed by atoms with Crippen LogP contribution < -0.4 is 5.32 Å². The molecule has 0 bridgehead atoms. The Hall–Kier alpha value is -0.130. The second-order valence-corrected chi connectivity index (χ2v) is 5.88. The second kappa shape index (κ2) is 8.88. The van der Waals surface area contributed by atoms with Crippen molar-refractivity contribution in [1.29, 1.82) is 0 Å². The molecule has 0 fully saturated rings. The summed E-state index contributed by atoms with van der Waals surface area (Å²) >= 11 is 2.35. The molecular formula is C15H25IN2. The van der Waals surface area contributed by atoms with Gasteiger partial charge in [0.1, 0.15) is 0 Å². The minimum absolute atomic E-state index is 0.575. The molecule has 1 atom stereocenters. The predicted molar refractivity (Wildman–Crippen MR) is 88.1 cm³/mol. The van der Waals surface area contributed by atoms with E-state index in [1.54, 1.807) is 0 Å². The van der Waals surface area contributed by atoms with Crippen LogP contribution in [0.1, 0.15) is 25.8 Å². The van der Waals surface area contributed by atoms with Crippen LogP contribution in [0.5, 0.6) is 0 Å². The fraction of sp³-hybridized carbons (Fsp3) is 0.600. The van der Waals surface area contributed by atoms with E-state index in [2.05, 4.69) is 78.0 Å². The van der Waals surface area contributed by atoms with Crippen LogP contribution in [0, 0.1) is 3.57 Å². The summed E-state index contributed by atoms with van der Waals surface area (Å²) in [5, 5.41) is 3.44. The average molecular weight is 360 g/mol. The summed E-state index contributed by atoms with van der Waals surface area (Å²) in [6.07, 6.45) is 2.33. The van der Waals surface area contributed by atoms with E-state index in [1.165, 1.54) is 22.1 Å². The first kappa shape index (κ1) is 15.9. The van der Waals surface area contributed by atoms with Gasteiger partial charge < -0.3 is 10.2 Å². The van der Waals surface area contributed by atoms with Gasteiger partial charge in [-0.3, -0.25) is 0 Å². The summed E-state index contributed by atoms with van der Waals surface area (Å²) in [5.74, 6) is 0. The minimum Gasteiger partial charge on any atom is -0.317 e. The minimum atomic E-state index is 0.575. The van der Waals surface area contributed by atoms with E-state index >= 15 is 0 Å². The Bertz CT molecular complexity index is 320. The van der Waals surface area contributed by atoms with Crippen molar-refractivity contribution < 1.29 is 0 Å². The van der Waals surface area contributed by atoms with E-state index in [0.717, 1.165) is 19.5 Å². The van der Waals surface area contributed by atoms with E-state index in [-0.39, 0.29) is 0 Å². The first-order valence-electron chi connectivity index (χ1n) is 6.83. The van der Waals surface area contributed by atoms with E-state index in [9.17, 15) is 0 Å². The lowest BCUT2D eigenvalue weighted by atomic mass is 10.0. The molecule has 1 N–H and O–H groups in total. The maximum Gasteiger partial charge on any atom is 0.0130 e. The molecule has 102 valence electrons. The molecule has 3 heteroatoms. The van der Waals surface area contributed by atoms with Gasteiger partial charge in [0, 0.05) is 9.61 Å². The highest BCUT2D eigenvalue weighted by molar-refractivity contribution is 14.1. The molecule has 1 rings (SSSR count). The van der Waals surface area contributed by atoms with Crippen molar-refractivity contribution >= 4 is 22.6 Å². The third-order valence-electron chi connectivity index (χ3n) is 3.49. The molecule has 0 saturated carbocycles. The molecule has 0 amide bonds. The highest BCUT2D eigenvalue weighted by Crippen LogP contribution is 2.10. The highest BCUT2D eigenvalue weighted by atomic mass is 127. The number of nitrogens with one attached hydrogen (secondary N) is 1. The Morgan fingerprint density at radius 2 is 1.78 bits per heavy atom. The van der Waals surface area contributed by atoms with Crippen molar-refractivity contribution in [3.63, 3.8) is 0 Å². The van der Waals surface area contributed by atoms with Crippen molar-refractivity contribution in [2.75, 3.05) is 26.7 Å². The third kappa shape index (κ3) is 5.67. The van der Waals surface area contributed by atoms with Crippen LogP contribution in [0.4, 0.5) is 0 Å². The summed E-state index contributed by atoms with van der Waals surface area (Å²) in [5.41, 5.74) is 1.43. The lowest BCUT2D eigenvalue weighted by Gasteiger charge is -2.22. The molecule has 0 radical (unpaired) electrons. The Morgan fingerprint density at radius 1 is 1.17 bits per heavy atom. The molecule has 18 heavy (non-hydrogen) atoms. The molecule has 1 unspecified atom stereocenters. The first-order chi connectivity index (χ1) is 8.69. The van der Waals surface area contributed by atoms with E-state index < -0.39 is 0 Å². The third-order valence-corrected chi connectivity index (χ3v) is 4.21. The van der Waals surface area contributed by atoms with Crippen LogP contribution in [0.15, 0.2) is 24.3 Å². The number of rotatable bonds is 8. The number of likely N-dealkylation sites (N-methyl/N-ethyl adjacent to an activating group) is 1. The topological polar surface area (TPSA) is 15.3 Å². The standard InChI is InChI=1S/C15H25IN2/c1-4-18(5-2)11-10-15(17-3)12-13-6-8-14(16)9-7-13/h6-9,15,17H,4-5,10-12H2,1-3H3. The highest BCUT2D eigenvalue weighted by Gasteiger charge is 2.09. The van der Waals surface area contributed by atoms with E-state index in [4.69, 9.17) is 0 Å². The molecular weight excluding hydrogens is 335 g/mol. The number of hydrogen-bond donors (Lipinski definition) is 1. The zero-order chi connectivity index (χ0) is 13.4. The summed E-state index contributed by atoms with van der Waals surface area (Å²) in [6, 6.07) is 9.43. The number of benzene rings is 1. The predicted octanol–water partition coefficient (Wildman–Crippen LogP) is 3.15. The summed E-state index contributed by atoms with van der Waals surface area (Å²) in [7, 11) is 2.07. The van der Waals surface area contributed by atoms with Crippen LogP contribution in [0.3, 0.4) is 0 Å². The van der Waals surface area contributed by atoms with Gasteiger partial charge in [0.15, 0.2) is 0 Å². The fourth-order valence-corrected chi connectivity index (χ4v) is 2.49. The smallest absolute Gasteiger partial charge is 0.0130 e. The quantitative estimate of drug-likeness (QED) is 0.717. The number of halogens is 1. The zero-order valence-corrected chi connectivity index (χ0v) is 13.9. The van der Waals surface area contributed by atoms with Gasteiger partial charge in [-0.2, -0.15) is 0 Å². The van der Waals surface area contributed by atoms with Crippen molar-refractivity contribution in [2.45, 2.75) is 32.7 Å². The van der Waals surface area contributed by atoms with Gasteiger partial charge in [-0.05, 0) is 79.8 Å². The molecule has 0 aliphatic rings. The molecule has 0 aliphatic heterocycles. The largest absolute Gasteiger partial charge is 0.317 e. The van der Waals surface area contributed by atoms with Crippen LogP contribution >= 0.6 is 22.6 Å². The fourth-order valence-electron chi connectivity index (χ4n) is 2.13. The van der Waals surface area contributed by atoms with Crippen molar-refractivity contribution in [1.82, 2.24) is 10.2 Å². The van der Waals surface area contributed by atoms with Gasteiger partial charge in [0.2, 0.25) is 0 Å². The van der Waals surface area contributed by atoms with E-state index in [1.807, 2.05) is 0 Å². The molecule has 1 aromatic rings. The Kier molecular flexibility index (Phi) is 7.86. The lowest BCUT2D eigenvalue weighted by Crippen LogP contribution is -2.33. The summed E-state index contributed by atoms with van der Waals surface area (Å²) in [4.78, 5) is 2.48. The molecule has 0 aromatic heterocycles. The second-order valence-electron chi connectivity index (χ2n) is 4.63. The van der Waals surface area contributed by atoms with Crippen molar-refractivity contribution in [3.8, 4) is 0 Å².